The van der Waals surface area contributed by atoms with Crippen LogP contribution in [0.5, 0.6) is 0 Å². The molecule has 9 heteroatoms. The van der Waals surface area contributed by atoms with Crippen LogP contribution in [0.15, 0.2) is 59.7 Å². The van der Waals surface area contributed by atoms with Crippen LogP contribution in [0.3, 0.4) is 0 Å². The minimum Gasteiger partial charge on any atom is -0.272 e. The Morgan fingerprint density at radius 1 is 1.23 bits per heavy atom. The van der Waals surface area contributed by atoms with E-state index < -0.39 is 10.8 Å². The Bertz CT molecular complexity index is 985. The summed E-state index contributed by atoms with van der Waals surface area (Å²) in [6.45, 7) is 0. The van der Waals surface area contributed by atoms with Gasteiger partial charge in [-0.2, -0.15) is 10.2 Å². The number of nitrogens with one attached hydrogen (secondary N) is 2. The second kappa shape index (κ2) is 7.58. The number of aromatic nitrogens is 2. The van der Waals surface area contributed by atoms with Crippen molar-refractivity contribution in [2.24, 2.45) is 5.10 Å². The van der Waals surface area contributed by atoms with Crippen molar-refractivity contribution < 1.29 is 9.72 Å². The number of hydrogen-bond donors (Lipinski definition) is 2. The Balaban J connectivity index is 1.70. The van der Waals surface area contributed by atoms with Crippen LogP contribution in [-0.2, 0) is 0 Å². The molecule has 0 radical (unpaired) electrons. The van der Waals surface area contributed by atoms with Crippen molar-refractivity contribution in [2.45, 2.75) is 0 Å². The van der Waals surface area contributed by atoms with Crippen LogP contribution in [0, 0.1) is 10.1 Å². The Labute approximate surface area is 152 Å². The first-order valence-corrected chi connectivity index (χ1v) is 7.80. The van der Waals surface area contributed by atoms with Crippen molar-refractivity contribution in [2.75, 3.05) is 0 Å². The lowest BCUT2D eigenvalue weighted by Gasteiger charge is -1.99. The van der Waals surface area contributed by atoms with Crippen LogP contribution in [0.2, 0.25) is 5.02 Å². The molecule has 0 atom stereocenters. The third-order valence-corrected chi connectivity index (χ3v) is 3.80. The number of aromatic amines is 1. The maximum Gasteiger partial charge on any atom is 0.289 e. The highest BCUT2D eigenvalue weighted by Gasteiger charge is 2.11. The second-order valence-corrected chi connectivity index (χ2v) is 5.60. The third-order valence-electron chi connectivity index (χ3n) is 3.45. The quantitative estimate of drug-likeness (QED) is 0.407. The van der Waals surface area contributed by atoms with Gasteiger partial charge in [-0.3, -0.25) is 20.0 Å². The molecule has 0 spiro atoms. The average Bonchev–Trinajstić information content (AvgIpc) is 3.14. The topological polar surface area (TPSA) is 113 Å². The summed E-state index contributed by atoms with van der Waals surface area (Å²) in [5.41, 5.74) is 4.24. The molecule has 26 heavy (non-hydrogen) atoms. The number of rotatable bonds is 5. The van der Waals surface area contributed by atoms with Crippen LogP contribution in [0.25, 0.3) is 11.3 Å². The van der Waals surface area contributed by atoms with E-state index in [4.69, 9.17) is 11.6 Å². The summed E-state index contributed by atoms with van der Waals surface area (Å²) >= 11 is 5.96. The lowest BCUT2D eigenvalue weighted by Crippen LogP contribution is -2.18. The van der Waals surface area contributed by atoms with Crippen LogP contribution < -0.4 is 5.43 Å². The van der Waals surface area contributed by atoms with Gasteiger partial charge in [0.25, 0.3) is 11.6 Å². The van der Waals surface area contributed by atoms with Crippen LogP contribution in [-0.4, -0.2) is 27.2 Å². The van der Waals surface area contributed by atoms with E-state index in [1.54, 1.807) is 6.07 Å². The molecule has 1 amide bonds. The van der Waals surface area contributed by atoms with Gasteiger partial charge >= 0.3 is 0 Å². The number of nitro groups is 1. The summed E-state index contributed by atoms with van der Waals surface area (Å²) in [7, 11) is 0. The van der Waals surface area contributed by atoms with Gasteiger partial charge in [0.1, 0.15) is 5.69 Å². The predicted molar refractivity (Wildman–Crippen MR) is 97.2 cm³/mol. The van der Waals surface area contributed by atoms with E-state index in [0.29, 0.717) is 11.3 Å². The van der Waals surface area contributed by atoms with Crippen LogP contribution in [0.4, 0.5) is 5.69 Å². The van der Waals surface area contributed by atoms with Gasteiger partial charge in [0.05, 0.1) is 16.8 Å². The molecule has 0 bridgehead atoms. The van der Waals surface area contributed by atoms with E-state index in [0.717, 1.165) is 5.56 Å². The van der Waals surface area contributed by atoms with Gasteiger partial charge in [-0.05, 0) is 12.1 Å². The van der Waals surface area contributed by atoms with E-state index in [-0.39, 0.29) is 16.4 Å². The van der Waals surface area contributed by atoms with E-state index >= 15 is 0 Å². The lowest BCUT2D eigenvalue weighted by molar-refractivity contribution is -0.384. The molecule has 0 unspecified atom stereocenters. The molecule has 1 heterocycles. The molecule has 8 nitrogen and oxygen atoms in total. The lowest BCUT2D eigenvalue weighted by atomic mass is 10.1. The number of carbonyl (C=O) groups is 1. The number of halogens is 1. The van der Waals surface area contributed by atoms with Crippen molar-refractivity contribution >= 4 is 29.4 Å². The van der Waals surface area contributed by atoms with Crippen molar-refractivity contribution in [3.05, 3.63) is 81.0 Å². The van der Waals surface area contributed by atoms with Crippen LogP contribution in [0.1, 0.15) is 16.1 Å². The first kappa shape index (κ1) is 17.3. The molecule has 0 saturated carbocycles. The molecule has 0 aliphatic heterocycles. The molecule has 0 aliphatic carbocycles. The highest BCUT2D eigenvalue weighted by Crippen LogP contribution is 2.20. The first-order chi connectivity index (χ1) is 12.5. The number of H-pyrrole nitrogens is 1. The van der Waals surface area contributed by atoms with Gasteiger partial charge in [-0.1, -0.05) is 41.9 Å². The molecule has 0 fully saturated rings. The standard InChI is InChI=1S/C17H12ClN5O3/c18-14-7-6-13(23(25)26)8-12(14)10-19-22-17(24)16-9-15(20-21-16)11-4-2-1-3-5-11/h1-10H,(H,20,21)(H,22,24). The van der Waals surface area contributed by atoms with Gasteiger partial charge in [-0.15, -0.1) is 0 Å². The fourth-order valence-corrected chi connectivity index (χ4v) is 2.33. The Hall–Kier alpha value is -3.52. The molecular formula is C17H12ClN5O3. The van der Waals surface area contributed by atoms with Gasteiger partial charge in [-0.25, -0.2) is 5.43 Å². The number of carbonyl (C=O) groups excluding carboxylic acids is 1. The molecule has 1 aromatic heterocycles. The zero-order chi connectivity index (χ0) is 18.5. The normalized spacial score (nSPS) is 10.8. The number of nitro benzene ring substituents is 1. The molecule has 2 N–H and O–H groups in total. The van der Waals surface area contributed by atoms with E-state index in [1.165, 1.54) is 24.4 Å². The van der Waals surface area contributed by atoms with Gasteiger partial charge < -0.3 is 0 Å². The van der Waals surface area contributed by atoms with E-state index in [1.807, 2.05) is 30.3 Å². The van der Waals surface area contributed by atoms with Crippen molar-refractivity contribution in [1.29, 1.82) is 0 Å². The van der Waals surface area contributed by atoms with Crippen molar-refractivity contribution in [3.63, 3.8) is 0 Å². The highest BCUT2D eigenvalue weighted by atomic mass is 35.5. The van der Waals surface area contributed by atoms with Crippen molar-refractivity contribution in [1.82, 2.24) is 15.6 Å². The summed E-state index contributed by atoms with van der Waals surface area (Å²) in [6, 6.07) is 14.9. The second-order valence-electron chi connectivity index (χ2n) is 5.19. The van der Waals surface area contributed by atoms with E-state index in [9.17, 15) is 14.9 Å². The molecule has 0 aliphatic rings. The first-order valence-electron chi connectivity index (χ1n) is 7.43. The molecule has 130 valence electrons. The van der Waals surface area contributed by atoms with Crippen molar-refractivity contribution in [3.8, 4) is 11.3 Å². The molecule has 0 saturated heterocycles. The van der Waals surface area contributed by atoms with Gasteiger partial charge in [0.15, 0.2) is 0 Å². The molecular weight excluding hydrogens is 358 g/mol. The maximum atomic E-state index is 12.1. The van der Waals surface area contributed by atoms with E-state index in [2.05, 4.69) is 20.7 Å². The minimum atomic E-state index is -0.540. The summed E-state index contributed by atoms with van der Waals surface area (Å²) in [6.07, 6.45) is 1.24. The van der Waals surface area contributed by atoms with Gasteiger partial charge in [0, 0.05) is 28.3 Å². The third kappa shape index (κ3) is 3.93. The minimum absolute atomic E-state index is 0.122. The monoisotopic (exact) mass is 369 g/mol. The zero-order valence-electron chi connectivity index (χ0n) is 13.2. The predicted octanol–water partition coefficient (Wildman–Crippen LogP) is 3.40. The number of non-ortho nitro benzene ring substituents is 1. The number of benzene rings is 2. The largest absolute Gasteiger partial charge is 0.289 e. The average molecular weight is 370 g/mol. The fourth-order valence-electron chi connectivity index (χ4n) is 2.16. The zero-order valence-corrected chi connectivity index (χ0v) is 14.0. The summed E-state index contributed by atoms with van der Waals surface area (Å²) < 4.78 is 0. The Kier molecular flexibility index (Phi) is 5.04. The Morgan fingerprint density at radius 3 is 2.73 bits per heavy atom. The SMILES string of the molecule is O=C(NN=Cc1cc([N+](=O)[O-])ccc1Cl)c1cc(-c2ccccc2)n[nH]1. The number of hydrazone groups is 1. The number of nitrogens with zero attached hydrogens (tertiary/aromatic N) is 3. The smallest absolute Gasteiger partial charge is 0.272 e. The Morgan fingerprint density at radius 2 is 2.00 bits per heavy atom. The fraction of sp³-hybridized carbons (Fsp3) is 0. The summed E-state index contributed by atoms with van der Waals surface area (Å²) in [4.78, 5) is 22.4. The summed E-state index contributed by atoms with van der Waals surface area (Å²) in [5, 5.41) is 21.6. The van der Waals surface area contributed by atoms with Crippen LogP contribution >= 0.6 is 11.6 Å². The molecule has 3 aromatic rings. The highest BCUT2D eigenvalue weighted by molar-refractivity contribution is 6.33. The van der Waals surface area contributed by atoms with Gasteiger partial charge in [0.2, 0.25) is 0 Å². The molecule has 3 rings (SSSR count). The summed E-state index contributed by atoms with van der Waals surface area (Å²) in [5.74, 6) is -0.502. The molecule has 2 aromatic carbocycles. The maximum absolute atomic E-state index is 12.1. The number of hydrogen-bond acceptors (Lipinski definition) is 5. The number of amides is 1.